The van der Waals surface area contributed by atoms with E-state index in [4.69, 9.17) is 23.2 Å². The van der Waals surface area contributed by atoms with E-state index in [0.29, 0.717) is 5.25 Å². The third-order valence-electron chi connectivity index (χ3n) is 3.02. The lowest BCUT2D eigenvalue weighted by atomic mass is 9.89. The SMILES string of the molecule is ClC1(Cl)C=CC2(c3ccccc3)SC2C1. The Balaban J connectivity index is 1.98. The molecule has 1 aromatic rings. The Morgan fingerprint density at radius 1 is 1.13 bits per heavy atom. The number of hydrogen-bond donors (Lipinski definition) is 0. The van der Waals surface area contributed by atoms with Crippen molar-refractivity contribution >= 4 is 35.0 Å². The Hall–Kier alpha value is -0.110. The molecular weight excluding hydrogens is 247 g/mol. The fraction of sp³-hybridized carbons (Fsp3) is 0.333. The summed E-state index contributed by atoms with van der Waals surface area (Å²) in [5.74, 6) is 0. The summed E-state index contributed by atoms with van der Waals surface area (Å²) in [4.78, 5) is 0. The highest BCUT2D eigenvalue weighted by atomic mass is 35.5. The van der Waals surface area contributed by atoms with Gasteiger partial charge in [0, 0.05) is 5.25 Å². The van der Waals surface area contributed by atoms with Crippen LogP contribution in [0.4, 0.5) is 0 Å². The number of rotatable bonds is 1. The second-order valence-electron chi connectivity index (χ2n) is 4.06. The third kappa shape index (κ3) is 1.61. The molecule has 0 N–H and O–H groups in total. The summed E-state index contributed by atoms with van der Waals surface area (Å²) in [5.41, 5.74) is 1.36. The molecule has 0 nitrogen and oxygen atoms in total. The van der Waals surface area contributed by atoms with Crippen molar-refractivity contribution in [1.82, 2.24) is 0 Å². The minimum Gasteiger partial charge on any atom is -0.139 e. The van der Waals surface area contributed by atoms with Crippen LogP contribution in [-0.2, 0) is 4.75 Å². The molecule has 15 heavy (non-hydrogen) atoms. The van der Waals surface area contributed by atoms with Gasteiger partial charge in [-0.3, -0.25) is 0 Å². The molecule has 1 aliphatic heterocycles. The topological polar surface area (TPSA) is 0 Å². The van der Waals surface area contributed by atoms with Crippen molar-refractivity contribution in [3.05, 3.63) is 48.0 Å². The molecule has 1 aliphatic carbocycles. The van der Waals surface area contributed by atoms with Crippen LogP contribution in [0.3, 0.4) is 0 Å². The fourth-order valence-corrected chi connectivity index (χ4v) is 4.23. The maximum Gasteiger partial charge on any atom is 0.137 e. The van der Waals surface area contributed by atoms with Gasteiger partial charge in [-0.25, -0.2) is 0 Å². The number of hydrogen-bond acceptors (Lipinski definition) is 1. The average molecular weight is 257 g/mol. The van der Waals surface area contributed by atoms with Gasteiger partial charge in [-0.15, -0.1) is 11.8 Å². The van der Waals surface area contributed by atoms with Crippen LogP contribution in [-0.4, -0.2) is 9.58 Å². The molecular formula is C12H10Cl2S. The summed E-state index contributed by atoms with van der Waals surface area (Å²) in [7, 11) is 0. The van der Waals surface area contributed by atoms with E-state index in [0.717, 1.165) is 6.42 Å². The molecule has 0 spiro atoms. The van der Waals surface area contributed by atoms with Crippen LogP contribution in [0.25, 0.3) is 0 Å². The first kappa shape index (κ1) is 10.1. The second-order valence-corrected chi connectivity index (χ2v) is 7.09. The number of benzene rings is 1. The van der Waals surface area contributed by atoms with Crippen molar-refractivity contribution < 1.29 is 0 Å². The molecule has 0 aromatic heterocycles. The molecule has 0 saturated carbocycles. The van der Waals surface area contributed by atoms with E-state index in [-0.39, 0.29) is 4.75 Å². The molecule has 78 valence electrons. The molecule has 2 unspecified atom stereocenters. The summed E-state index contributed by atoms with van der Waals surface area (Å²) in [6.07, 6.45) is 4.94. The van der Waals surface area contributed by atoms with E-state index in [9.17, 15) is 0 Å². The molecule has 0 bridgehead atoms. The maximum absolute atomic E-state index is 6.11. The molecule has 0 radical (unpaired) electrons. The van der Waals surface area contributed by atoms with Crippen LogP contribution in [0.5, 0.6) is 0 Å². The Bertz CT molecular complexity index is 413. The van der Waals surface area contributed by atoms with Gasteiger partial charge in [0.15, 0.2) is 0 Å². The smallest absolute Gasteiger partial charge is 0.137 e. The lowest BCUT2D eigenvalue weighted by Gasteiger charge is -2.22. The van der Waals surface area contributed by atoms with Crippen LogP contribution in [0.15, 0.2) is 42.5 Å². The van der Waals surface area contributed by atoms with Gasteiger partial charge in [0.2, 0.25) is 0 Å². The Morgan fingerprint density at radius 3 is 2.53 bits per heavy atom. The Kier molecular flexibility index (Phi) is 2.14. The number of halogens is 2. The van der Waals surface area contributed by atoms with Gasteiger partial charge < -0.3 is 0 Å². The van der Waals surface area contributed by atoms with E-state index in [1.807, 2.05) is 23.9 Å². The van der Waals surface area contributed by atoms with Crippen LogP contribution >= 0.6 is 35.0 Å². The largest absolute Gasteiger partial charge is 0.139 e. The van der Waals surface area contributed by atoms with E-state index in [1.165, 1.54) is 5.56 Å². The fourth-order valence-electron chi connectivity index (χ4n) is 2.15. The van der Waals surface area contributed by atoms with Gasteiger partial charge in [-0.2, -0.15) is 0 Å². The number of alkyl halides is 2. The monoisotopic (exact) mass is 256 g/mol. The highest BCUT2D eigenvalue weighted by Gasteiger charge is 2.59. The van der Waals surface area contributed by atoms with Crippen molar-refractivity contribution in [1.29, 1.82) is 0 Å². The zero-order valence-corrected chi connectivity index (χ0v) is 10.3. The highest BCUT2D eigenvalue weighted by molar-refractivity contribution is 8.08. The molecule has 1 heterocycles. The van der Waals surface area contributed by atoms with Crippen LogP contribution < -0.4 is 0 Å². The predicted molar refractivity (Wildman–Crippen MR) is 67.7 cm³/mol. The average Bonchev–Trinajstić information content (AvgIpc) is 2.92. The van der Waals surface area contributed by atoms with Crippen LogP contribution in [0.2, 0.25) is 0 Å². The van der Waals surface area contributed by atoms with Gasteiger partial charge >= 0.3 is 0 Å². The molecule has 0 amide bonds. The molecule has 1 fully saturated rings. The number of fused-ring (bicyclic) bond motifs is 1. The van der Waals surface area contributed by atoms with Gasteiger partial charge in [0.05, 0.1) is 4.75 Å². The molecule has 1 aromatic carbocycles. The van der Waals surface area contributed by atoms with Crippen molar-refractivity contribution in [2.45, 2.75) is 20.8 Å². The number of thioether (sulfide) groups is 1. The molecule has 1 saturated heterocycles. The Labute approximate surface area is 104 Å². The van der Waals surface area contributed by atoms with Crippen LogP contribution in [0, 0.1) is 0 Å². The van der Waals surface area contributed by atoms with Crippen LogP contribution in [0.1, 0.15) is 12.0 Å². The molecule has 3 heteroatoms. The van der Waals surface area contributed by atoms with Crippen molar-refractivity contribution in [3.63, 3.8) is 0 Å². The summed E-state index contributed by atoms with van der Waals surface area (Å²) in [6, 6.07) is 10.6. The lowest BCUT2D eigenvalue weighted by Crippen LogP contribution is -2.23. The van der Waals surface area contributed by atoms with E-state index in [2.05, 4.69) is 30.3 Å². The highest BCUT2D eigenvalue weighted by Crippen LogP contribution is 2.67. The van der Waals surface area contributed by atoms with Crippen molar-refractivity contribution in [2.24, 2.45) is 0 Å². The van der Waals surface area contributed by atoms with Crippen molar-refractivity contribution in [3.8, 4) is 0 Å². The first-order valence-corrected chi connectivity index (χ1v) is 6.58. The zero-order valence-electron chi connectivity index (χ0n) is 7.99. The standard InChI is InChI=1S/C12H10Cl2S/c13-11(14)6-7-12(10(8-11)15-12)9-4-2-1-3-5-9/h1-7,10H,8H2. The first-order chi connectivity index (χ1) is 7.12. The summed E-state index contributed by atoms with van der Waals surface area (Å²) in [5, 5.41) is 0.542. The molecule has 3 rings (SSSR count). The molecule has 2 aliphatic rings. The first-order valence-electron chi connectivity index (χ1n) is 4.94. The third-order valence-corrected chi connectivity index (χ3v) is 5.19. The Morgan fingerprint density at radius 2 is 1.87 bits per heavy atom. The minimum atomic E-state index is -0.660. The van der Waals surface area contributed by atoms with Gasteiger partial charge in [0.1, 0.15) is 4.33 Å². The van der Waals surface area contributed by atoms with Gasteiger partial charge in [0.25, 0.3) is 0 Å². The van der Waals surface area contributed by atoms with E-state index in [1.54, 1.807) is 0 Å². The minimum absolute atomic E-state index is 0.161. The quantitative estimate of drug-likeness (QED) is 0.414. The second kappa shape index (κ2) is 3.19. The van der Waals surface area contributed by atoms with Gasteiger partial charge in [-0.1, -0.05) is 65.7 Å². The lowest BCUT2D eigenvalue weighted by molar-refractivity contribution is 0.686. The zero-order chi connectivity index (χ0) is 10.5. The predicted octanol–water partition coefficient (Wildman–Crippen LogP) is 4.13. The summed E-state index contributed by atoms with van der Waals surface area (Å²) < 4.78 is -0.499. The summed E-state index contributed by atoms with van der Waals surface area (Å²) in [6.45, 7) is 0. The molecule has 2 atom stereocenters. The van der Waals surface area contributed by atoms with E-state index >= 15 is 0 Å². The normalized spacial score (nSPS) is 36.0. The summed E-state index contributed by atoms with van der Waals surface area (Å²) >= 11 is 14.2. The number of allylic oxidation sites excluding steroid dienone is 1. The maximum atomic E-state index is 6.11. The van der Waals surface area contributed by atoms with Gasteiger partial charge in [-0.05, 0) is 12.0 Å². The van der Waals surface area contributed by atoms with E-state index < -0.39 is 4.33 Å². The van der Waals surface area contributed by atoms with Crippen molar-refractivity contribution in [2.75, 3.05) is 0 Å².